The summed E-state index contributed by atoms with van der Waals surface area (Å²) in [4.78, 5) is 12.0. The van der Waals surface area contributed by atoms with Crippen LogP contribution in [0.15, 0.2) is 39.9 Å². The van der Waals surface area contributed by atoms with Crippen LogP contribution in [0.3, 0.4) is 0 Å². The van der Waals surface area contributed by atoms with Crippen LogP contribution in [0.25, 0.3) is 0 Å². The molecule has 0 fully saturated rings. The van der Waals surface area contributed by atoms with Gasteiger partial charge in [-0.05, 0) is 82.6 Å². The number of hydrazone groups is 1. The summed E-state index contributed by atoms with van der Waals surface area (Å²) in [5.74, 6) is 0.688. The molecule has 0 atom stereocenters. The van der Waals surface area contributed by atoms with Crippen LogP contribution in [-0.4, -0.2) is 30.9 Å². The van der Waals surface area contributed by atoms with Crippen molar-refractivity contribution in [2.45, 2.75) is 25.7 Å². The molecule has 0 unspecified atom stereocenters. The molecule has 0 aromatic heterocycles. The van der Waals surface area contributed by atoms with Crippen LogP contribution in [0.2, 0.25) is 0 Å². The van der Waals surface area contributed by atoms with Crippen LogP contribution in [0.5, 0.6) is 17.2 Å². The third-order valence-corrected chi connectivity index (χ3v) is 5.26. The normalized spacial score (nSPS) is 13.3. The molecule has 0 saturated carbocycles. The van der Waals surface area contributed by atoms with E-state index in [-0.39, 0.29) is 18.3 Å². The van der Waals surface area contributed by atoms with Gasteiger partial charge in [0.2, 0.25) is 0 Å². The molecule has 1 amide bonds. The molecule has 7 heteroatoms. The Labute approximate surface area is 166 Å². The number of methoxy groups -OCH3 is 1. The Morgan fingerprint density at radius 3 is 2.89 bits per heavy atom. The quantitative estimate of drug-likeness (QED) is 0.539. The van der Waals surface area contributed by atoms with E-state index in [4.69, 9.17) is 9.47 Å². The van der Waals surface area contributed by atoms with Gasteiger partial charge in [0.15, 0.2) is 18.1 Å². The second-order valence-corrected chi connectivity index (χ2v) is 7.03. The second-order valence-electron chi connectivity index (χ2n) is 6.24. The molecular weight excluding hydrogens is 412 g/mol. The van der Waals surface area contributed by atoms with Gasteiger partial charge in [0, 0.05) is 0 Å². The number of phenols is 1. The Morgan fingerprint density at radius 1 is 1.26 bits per heavy atom. The second kappa shape index (κ2) is 8.90. The van der Waals surface area contributed by atoms with Crippen LogP contribution in [-0.2, 0) is 17.6 Å². The highest BCUT2D eigenvalue weighted by atomic mass is 79.9. The number of hydrogen-bond donors (Lipinski definition) is 2. The number of carbonyl (C=O) groups is 1. The van der Waals surface area contributed by atoms with E-state index in [0.29, 0.717) is 17.1 Å². The van der Waals surface area contributed by atoms with Crippen molar-refractivity contribution < 1.29 is 19.4 Å². The first-order valence-corrected chi connectivity index (χ1v) is 9.49. The Morgan fingerprint density at radius 2 is 2.07 bits per heavy atom. The minimum atomic E-state index is -0.360. The minimum absolute atomic E-state index is 0.0442. The fourth-order valence-corrected chi connectivity index (χ4v) is 3.70. The van der Waals surface area contributed by atoms with Gasteiger partial charge in [-0.15, -0.1) is 0 Å². The number of amides is 1. The van der Waals surface area contributed by atoms with Crippen LogP contribution in [0, 0.1) is 0 Å². The third kappa shape index (κ3) is 4.80. The molecule has 1 aliphatic rings. The molecule has 0 bridgehead atoms. The lowest BCUT2D eigenvalue weighted by Crippen LogP contribution is -2.24. The van der Waals surface area contributed by atoms with Gasteiger partial charge >= 0.3 is 0 Å². The van der Waals surface area contributed by atoms with Crippen LogP contribution in [0.4, 0.5) is 0 Å². The number of ether oxygens (including phenoxy) is 2. The van der Waals surface area contributed by atoms with E-state index in [1.165, 1.54) is 43.4 Å². The predicted molar refractivity (Wildman–Crippen MR) is 107 cm³/mol. The van der Waals surface area contributed by atoms with Crippen molar-refractivity contribution >= 4 is 28.1 Å². The Balaban J connectivity index is 1.54. The van der Waals surface area contributed by atoms with Crippen molar-refractivity contribution in [3.63, 3.8) is 0 Å². The van der Waals surface area contributed by atoms with Crippen LogP contribution >= 0.6 is 15.9 Å². The summed E-state index contributed by atoms with van der Waals surface area (Å²) >= 11 is 3.60. The topological polar surface area (TPSA) is 80.2 Å². The largest absolute Gasteiger partial charge is 0.504 e. The third-order valence-electron chi connectivity index (χ3n) is 4.39. The average molecular weight is 433 g/mol. The highest BCUT2D eigenvalue weighted by Crippen LogP contribution is 2.35. The van der Waals surface area contributed by atoms with Crippen molar-refractivity contribution in [3.8, 4) is 17.2 Å². The van der Waals surface area contributed by atoms with Gasteiger partial charge in [0.1, 0.15) is 5.75 Å². The first kappa shape index (κ1) is 19.2. The van der Waals surface area contributed by atoms with Crippen LogP contribution in [0.1, 0.15) is 29.5 Å². The lowest BCUT2D eigenvalue weighted by Gasteiger charge is -2.19. The van der Waals surface area contributed by atoms with Gasteiger partial charge in [-0.1, -0.05) is 6.07 Å². The molecule has 6 nitrogen and oxygen atoms in total. The number of rotatable bonds is 6. The maximum atomic E-state index is 12.0. The Bertz CT molecular complexity index is 867. The van der Waals surface area contributed by atoms with Gasteiger partial charge in [-0.25, -0.2) is 5.43 Å². The summed E-state index contributed by atoms with van der Waals surface area (Å²) in [6.45, 7) is -0.131. The van der Waals surface area contributed by atoms with Gasteiger partial charge in [-0.2, -0.15) is 5.10 Å². The first-order chi connectivity index (χ1) is 13.1. The molecule has 1 aliphatic carbocycles. The predicted octanol–water partition coefficient (Wildman–Crippen LogP) is 3.57. The maximum absolute atomic E-state index is 12.0. The zero-order chi connectivity index (χ0) is 19.2. The van der Waals surface area contributed by atoms with Gasteiger partial charge in [0.25, 0.3) is 5.91 Å². The van der Waals surface area contributed by atoms with Crippen molar-refractivity contribution in [3.05, 3.63) is 51.5 Å². The molecule has 0 aliphatic heterocycles. The van der Waals surface area contributed by atoms with Gasteiger partial charge in [0.05, 0.1) is 17.8 Å². The van der Waals surface area contributed by atoms with E-state index < -0.39 is 0 Å². The monoisotopic (exact) mass is 432 g/mol. The highest BCUT2D eigenvalue weighted by molar-refractivity contribution is 9.10. The molecule has 0 heterocycles. The van der Waals surface area contributed by atoms with E-state index in [2.05, 4.69) is 32.5 Å². The summed E-state index contributed by atoms with van der Waals surface area (Å²) in [5, 5.41) is 13.5. The standard InChI is InChI=1S/C20H21BrN2O4/c1-26-18-10-13(6-8-16(18)24)11-22-23-19(25)12-27-17-9-7-14-4-2-3-5-15(14)20(17)21/h6-11,24H,2-5,12H2,1H3,(H,23,25)/b22-11-. The number of benzene rings is 2. The van der Waals surface area contributed by atoms with Crippen molar-refractivity contribution in [2.24, 2.45) is 5.10 Å². The summed E-state index contributed by atoms with van der Waals surface area (Å²) < 4.78 is 11.6. The number of aryl methyl sites for hydroxylation is 1. The average Bonchev–Trinajstić information content (AvgIpc) is 2.69. The summed E-state index contributed by atoms with van der Waals surface area (Å²) in [6, 6.07) is 8.75. The highest BCUT2D eigenvalue weighted by Gasteiger charge is 2.16. The molecule has 0 radical (unpaired) electrons. The minimum Gasteiger partial charge on any atom is -0.504 e. The summed E-state index contributed by atoms with van der Waals surface area (Å²) in [6.07, 6.45) is 5.97. The molecule has 2 N–H and O–H groups in total. The molecule has 2 aromatic rings. The lowest BCUT2D eigenvalue weighted by atomic mass is 9.92. The molecule has 27 heavy (non-hydrogen) atoms. The Kier molecular flexibility index (Phi) is 6.34. The van der Waals surface area contributed by atoms with Gasteiger partial charge < -0.3 is 14.6 Å². The number of fused-ring (bicyclic) bond motifs is 1. The van der Waals surface area contributed by atoms with E-state index >= 15 is 0 Å². The SMILES string of the molecule is COc1cc(/C=N\NC(=O)COc2ccc3c(c2Br)CCCC3)ccc1O. The lowest BCUT2D eigenvalue weighted by molar-refractivity contribution is -0.123. The number of nitrogens with one attached hydrogen (secondary N) is 1. The number of nitrogens with zero attached hydrogens (tertiary/aromatic N) is 1. The molecule has 142 valence electrons. The Hall–Kier alpha value is -2.54. The van der Waals surface area contributed by atoms with Crippen molar-refractivity contribution in [1.82, 2.24) is 5.43 Å². The zero-order valence-corrected chi connectivity index (χ0v) is 16.6. The molecule has 2 aromatic carbocycles. The molecule has 0 saturated heterocycles. The molecular formula is C20H21BrN2O4. The number of hydrogen-bond acceptors (Lipinski definition) is 5. The van der Waals surface area contributed by atoms with Crippen LogP contribution < -0.4 is 14.9 Å². The fourth-order valence-electron chi connectivity index (χ4n) is 3.00. The smallest absolute Gasteiger partial charge is 0.277 e. The maximum Gasteiger partial charge on any atom is 0.277 e. The number of phenolic OH excluding ortho intramolecular Hbond substituents is 1. The van der Waals surface area contributed by atoms with Crippen molar-refractivity contribution in [2.75, 3.05) is 13.7 Å². The first-order valence-electron chi connectivity index (χ1n) is 8.70. The van der Waals surface area contributed by atoms with Crippen molar-refractivity contribution in [1.29, 1.82) is 0 Å². The summed E-state index contributed by atoms with van der Waals surface area (Å²) in [7, 11) is 1.47. The van der Waals surface area contributed by atoms with E-state index in [9.17, 15) is 9.90 Å². The summed E-state index contributed by atoms with van der Waals surface area (Å²) in [5.41, 5.74) is 5.73. The van der Waals surface area contributed by atoms with Gasteiger partial charge in [-0.3, -0.25) is 4.79 Å². The fraction of sp³-hybridized carbons (Fsp3) is 0.300. The number of carbonyl (C=O) groups excluding carboxylic acids is 1. The zero-order valence-electron chi connectivity index (χ0n) is 15.0. The van der Waals surface area contributed by atoms with E-state index in [0.717, 1.165) is 17.3 Å². The van der Waals surface area contributed by atoms with E-state index in [1.807, 2.05) is 6.07 Å². The molecule has 3 rings (SSSR count). The number of aromatic hydroxyl groups is 1. The van der Waals surface area contributed by atoms with E-state index in [1.54, 1.807) is 12.1 Å². The number of halogens is 1. The molecule has 0 spiro atoms.